The van der Waals surface area contributed by atoms with Crippen molar-refractivity contribution in [2.24, 2.45) is 5.73 Å². The maximum Gasteiger partial charge on any atom is 0.161 e. The molecule has 2 aliphatic carbocycles. The van der Waals surface area contributed by atoms with E-state index in [2.05, 4.69) is 12.1 Å². The quantitative estimate of drug-likeness (QED) is 0.573. The number of nitrogens with zero attached hydrogens (tertiary/aromatic N) is 3. The van der Waals surface area contributed by atoms with Gasteiger partial charge < -0.3 is 15.2 Å². The molecule has 1 aromatic carbocycles. The van der Waals surface area contributed by atoms with Gasteiger partial charge in [-0.15, -0.1) is 11.3 Å². The summed E-state index contributed by atoms with van der Waals surface area (Å²) >= 11 is 1.59. The second-order valence-electron chi connectivity index (χ2n) is 9.29. The zero-order chi connectivity index (χ0) is 25.4. The lowest BCUT2D eigenvalue weighted by Crippen LogP contribution is -2.38. The number of allylic oxidation sites excluding steroid dienone is 3. The van der Waals surface area contributed by atoms with Gasteiger partial charge in [0.1, 0.15) is 16.9 Å². The molecular formula is C28H28N4O3S. The fourth-order valence-electron chi connectivity index (χ4n) is 5.69. The van der Waals surface area contributed by atoms with E-state index < -0.39 is 5.92 Å². The molecule has 0 unspecified atom stereocenters. The Labute approximate surface area is 215 Å². The SMILES string of the molecule is COc1ccc([C@@H]2C(C#N)=C(N)N(c3sc4c(c3C#N)CCCCC4)C3=C2C(=O)CCC3)cc1OC. The molecule has 5 rings (SSSR count). The number of benzene rings is 1. The molecule has 2 aromatic rings. The van der Waals surface area contributed by atoms with Crippen LogP contribution in [0.1, 0.15) is 66.0 Å². The number of hydrogen-bond donors (Lipinski definition) is 1. The van der Waals surface area contributed by atoms with Gasteiger partial charge in [0.25, 0.3) is 0 Å². The van der Waals surface area contributed by atoms with Crippen LogP contribution in [0, 0.1) is 22.7 Å². The van der Waals surface area contributed by atoms with Crippen molar-refractivity contribution in [3.05, 3.63) is 62.4 Å². The van der Waals surface area contributed by atoms with Gasteiger partial charge in [0.2, 0.25) is 0 Å². The van der Waals surface area contributed by atoms with E-state index in [1.165, 1.54) is 4.88 Å². The summed E-state index contributed by atoms with van der Waals surface area (Å²) in [6.07, 6.45) is 6.89. The number of nitriles is 2. The third kappa shape index (κ3) is 3.73. The molecule has 0 spiro atoms. The van der Waals surface area contributed by atoms with Crippen molar-refractivity contribution < 1.29 is 14.3 Å². The molecule has 0 bridgehead atoms. The highest BCUT2D eigenvalue weighted by atomic mass is 32.1. The lowest BCUT2D eigenvalue weighted by atomic mass is 9.75. The highest BCUT2D eigenvalue weighted by molar-refractivity contribution is 7.16. The van der Waals surface area contributed by atoms with Gasteiger partial charge >= 0.3 is 0 Å². The van der Waals surface area contributed by atoms with Crippen molar-refractivity contribution >= 4 is 22.1 Å². The van der Waals surface area contributed by atoms with Gasteiger partial charge in [-0.25, -0.2) is 0 Å². The van der Waals surface area contributed by atoms with Gasteiger partial charge in [0.05, 0.1) is 37.3 Å². The Morgan fingerprint density at radius 1 is 1.00 bits per heavy atom. The van der Waals surface area contributed by atoms with Gasteiger partial charge in [0.15, 0.2) is 17.3 Å². The molecule has 0 radical (unpaired) electrons. The Kier molecular flexibility index (Phi) is 6.47. The molecule has 1 atom stereocenters. The number of anilines is 1. The zero-order valence-corrected chi connectivity index (χ0v) is 21.3. The molecule has 2 N–H and O–H groups in total. The van der Waals surface area contributed by atoms with Crippen LogP contribution in [0.4, 0.5) is 5.00 Å². The van der Waals surface area contributed by atoms with E-state index in [0.29, 0.717) is 53.3 Å². The summed E-state index contributed by atoms with van der Waals surface area (Å²) in [5.41, 5.74) is 10.9. The number of ketones is 1. The molecule has 7 nitrogen and oxygen atoms in total. The second-order valence-corrected chi connectivity index (χ2v) is 10.4. The summed E-state index contributed by atoms with van der Waals surface area (Å²) in [5.74, 6) is 0.790. The number of aryl methyl sites for hydroxylation is 1. The van der Waals surface area contributed by atoms with Gasteiger partial charge in [0, 0.05) is 22.6 Å². The predicted octanol–water partition coefficient (Wildman–Crippen LogP) is 5.21. The van der Waals surface area contributed by atoms with Gasteiger partial charge in [-0.2, -0.15) is 10.5 Å². The second kappa shape index (κ2) is 9.72. The highest BCUT2D eigenvalue weighted by Crippen LogP contribution is 2.50. The average molecular weight is 501 g/mol. The smallest absolute Gasteiger partial charge is 0.161 e. The largest absolute Gasteiger partial charge is 0.493 e. The van der Waals surface area contributed by atoms with E-state index >= 15 is 0 Å². The number of hydrogen-bond acceptors (Lipinski definition) is 8. The first-order valence-electron chi connectivity index (χ1n) is 12.3. The van der Waals surface area contributed by atoms with Crippen LogP contribution in [0.2, 0.25) is 0 Å². The van der Waals surface area contributed by atoms with Gasteiger partial charge in [-0.1, -0.05) is 12.5 Å². The lowest BCUT2D eigenvalue weighted by molar-refractivity contribution is -0.116. The normalized spacial score (nSPS) is 19.7. The fourth-order valence-corrected chi connectivity index (χ4v) is 7.06. The number of thiophene rings is 1. The third-order valence-electron chi connectivity index (χ3n) is 7.37. The number of methoxy groups -OCH3 is 2. The maximum atomic E-state index is 13.5. The van der Waals surface area contributed by atoms with Crippen LogP contribution < -0.4 is 20.1 Å². The monoisotopic (exact) mass is 500 g/mol. The van der Waals surface area contributed by atoms with Crippen LogP contribution in [0.25, 0.3) is 0 Å². The van der Waals surface area contributed by atoms with Crippen LogP contribution in [0.15, 0.2) is 40.9 Å². The summed E-state index contributed by atoms with van der Waals surface area (Å²) in [4.78, 5) is 16.5. The van der Waals surface area contributed by atoms with E-state index in [9.17, 15) is 15.3 Å². The summed E-state index contributed by atoms with van der Waals surface area (Å²) in [5, 5.41) is 21.2. The van der Waals surface area contributed by atoms with Crippen molar-refractivity contribution in [1.82, 2.24) is 0 Å². The first-order chi connectivity index (χ1) is 17.5. The van der Waals surface area contributed by atoms with Crippen LogP contribution in [0.3, 0.4) is 0 Å². The Morgan fingerprint density at radius 2 is 1.78 bits per heavy atom. The number of Topliss-reactive ketones (excluding diaryl/α,β-unsaturated/α-hetero) is 1. The van der Waals surface area contributed by atoms with E-state index in [4.69, 9.17) is 15.2 Å². The molecule has 0 saturated heterocycles. The minimum atomic E-state index is -0.600. The van der Waals surface area contributed by atoms with E-state index in [1.807, 2.05) is 17.0 Å². The number of carbonyl (C=O) groups is 1. The Morgan fingerprint density at radius 3 is 2.50 bits per heavy atom. The minimum absolute atomic E-state index is 0.0120. The van der Waals surface area contributed by atoms with Crippen molar-refractivity contribution in [3.63, 3.8) is 0 Å². The molecule has 3 aliphatic rings. The summed E-state index contributed by atoms with van der Waals surface area (Å²) < 4.78 is 10.9. The van der Waals surface area contributed by atoms with E-state index in [1.54, 1.807) is 31.6 Å². The molecular weight excluding hydrogens is 472 g/mol. The number of rotatable bonds is 4. The van der Waals surface area contributed by atoms with E-state index in [-0.39, 0.29) is 5.78 Å². The molecule has 0 fully saturated rings. The van der Waals surface area contributed by atoms with Crippen LogP contribution in [-0.4, -0.2) is 20.0 Å². The van der Waals surface area contributed by atoms with Crippen LogP contribution in [-0.2, 0) is 17.6 Å². The highest BCUT2D eigenvalue weighted by Gasteiger charge is 2.42. The fraction of sp³-hybridized carbons (Fsp3) is 0.393. The Bertz CT molecular complexity index is 1390. The van der Waals surface area contributed by atoms with Crippen LogP contribution in [0.5, 0.6) is 11.5 Å². The molecule has 184 valence electrons. The maximum absolute atomic E-state index is 13.5. The Hall–Kier alpha value is -3.75. The predicted molar refractivity (Wildman–Crippen MR) is 138 cm³/mol. The van der Waals surface area contributed by atoms with Gasteiger partial charge in [-0.3, -0.25) is 9.69 Å². The Balaban J connectivity index is 1.73. The first-order valence-corrected chi connectivity index (χ1v) is 13.1. The molecule has 0 saturated carbocycles. The summed E-state index contributed by atoms with van der Waals surface area (Å²) in [6.45, 7) is 0. The summed E-state index contributed by atoms with van der Waals surface area (Å²) in [7, 11) is 3.12. The van der Waals surface area contributed by atoms with Crippen molar-refractivity contribution in [3.8, 4) is 23.6 Å². The topological polar surface area (TPSA) is 112 Å². The minimum Gasteiger partial charge on any atom is -0.493 e. The van der Waals surface area contributed by atoms with Crippen LogP contribution >= 0.6 is 11.3 Å². The molecule has 1 aromatic heterocycles. The van der Waals surface area contributed by atoms with Crippen molar-refractivity contribution in [2.75, 3.05) is 19.1 Å². The molecule has 0 amide bonds. The number of fused-ring (bicyclic) bond motifs is 1. The first kappa shape index (κ1) is 24.0. The van der Waals surface area contributed by atoms with Gasteiger partial charge in [-0.05, 0) is 61.8 Å². The van der Waals surface area contributed by atoms with E-state index in [0.717, 1.165) is 53.9 Å². The average Bonchev–Trinajstić information content (AvgIpc) is 3.07. The van der Waals surface area contributed by atoms with Crippen molar-refractivity contribution in [2.45, 2.75) is 57.3 Å². The lowest BCUT2D eigenvalue weighted by Gasteiger charge is -2.39. The third-order valence-corrected chi connectivity index (χ3v) is 8.65. The van der Waals surface area contributed by atoms with Crippen molar-refractivity contribution in [1.29, 1.82) is 10.5 Å². The molecule has 1 aliphatic heterocycles. The standard InChI is InChI=1S/C28H28N4O3S/c1-34-22-12-11-16(13-23(22)35-2)25-19(15-30)27(31)32(20-8-6-9-21(33)26(20)25)28-18(14-29)17-7-4-3-5-10-24(17)36-28/h11-13,25H,3-10,31H2,1-2H3/t25-/m1/s1. The molecule has 2 heterocycles. The molecule has 8 heteroatoms. The summed E-state index contributed by atoms with van der Waals surface area (Å²) in [6, 6.07) is 10.2. The zero-order valence-electron chi connectivity index (χ0n) is 20.5. The number of nitrogens with two attached hydrogens (primary N) is 1. The number of ether oxygens (including phenoxy) is 2. The number of carbonyl (C=O) groups excluding carboxylic acids is 1. The molecule has 36 heavy (non-hydrogen) atoms.